The van der Waals surface area contributed by atoms with E-state index in [9.17, 15) is 4.79 Å². The van der Waals surface area contributed by atoms with Crippen molar-refractivity contribution < 1.29 is 9.53 Å². The lowest BCUT2D eigenvalue weighted by atomic mass is 9.88. The molecule has 1 N–H and O–H groups in total. The number of carbonyl (C=O) groups excluding carboxylic acids is 1. The highest BCUT2D eigenvalue weighted by molar-refractivity contribution is 7.19. The monoisotopic (exact) mass is 413 g/mol. The molecule has 1 aliphatic rings. The van der Waals surface area contributed by atoms with E-state index in [4.69, 9.17) is 16.3 Å². The van der Waals surface area contributed by atoms with Gasteiger partial charge in [-0.05, 0) is 37.0 Å². The van der Waals surface area contributed by atoms with Crippen LogP contribution in [0, 0.1) is 5.92 Å². The number of pyridine rings is 1. The van der Waals surface area contributed by atoms with Crippen LogP contribution < -0.4 is 5.32 Å². The number of aryl methyl sites for hydroxylation is 1. The first-order valence-electron chi connectivity index (χ1n) is 8.87. The van der Waals surface area contributed by atoms with Crippen molar-refractivity contribution in [2.45, 2.75) is 19.3 Å². The molecule has 0 bridgehead atoms. The molecule has 0 saturated heterocycles. The molecule has 142 valence electrons. The number of hydrogen-bond donors (Lipinski definition) is 1. The van der Waals surface area contributed by atoms with E-state index in [0.717, 1.165) is 40.1 Å². The van der Waals surface area contributed by atoms with Gasteiger partial charge in [-0.25, -0.2) is 14.5 Å². The van der Waals surface area contributed by atoms with Crippen molar-refractivity contribution in [3.63, 3.8) is 0 Å². The van der Waals surface area contributed by atoms with Gasteiger partial charge in [0.1, 0.15) is 17.0 Å². The van der Waals surface area contributed by atoms with E-state index in [1.54, 1.807) is 34.6 Å². The van der Waals surface area contributed by atoms with Crippen LogP contribution in [-0.2, 0) is 22.4 Å². The van der Waals surface area contributed by atoms with Gasteiger partial charge in [0.25, 0.3) is 0 Å². The zero-order chi connectivity index (χ0) is 19.3. The minimum atomic E-state index is -0.145. The first kappa shape index (κ1) is 17.4. The molecule has 0 amide bonds. The van der Waals surface area contributed by atoms with E-state index in [1.807, 2.05) is 12.1 Å². The average Bonchev–Trinajstić information content (AvgIpc) is 3.31. The molecular weight excluding hydrogens is 398 g/mol. The number of thiophene rings is 1. The zero-order valence-electron chi connectivity index (χ0n) is 15.0. The molecule has 0 spiro atoms. The molecule has 0 unspecified atom stereocenters. The average molecular weight is 414 g/mol. The number of hydrogen-bond acceptors (Lipinski definition) is 7. The normalized spacial score (nSPS) is 16.3. The van der Waals surface area contributed by atoms with Crippen LogP contribution in [0.5, 0.6) is 0 Å². The van der Waals surface area contributed by atoms with Crippen LogP contribution in [0.4, 0.5) is 11.5 Å². The van der Waals surface area contributed by atoms with Gasteiger partial charge in [-0.1, -0.05) is 11.6 Å². The largest absolute Gasteiger partial charge is 0.469 e. The van der Waals surface area contributed by atoms with Crippen LogP contribution in [0.1, 0.15) is 16.9 Å². The fraction of sp³-hybridized carbons (Fsp3) is 0.263. The first-order chi connectivity index (χ1) is 13.6. The highest BCUT2D eigenvalue weighted by Gasteiger charge is 2.29. The number of esters is 1. The van der Waals surface area contributed by atoms with Crippen molar-refractivity contribution in [1.82, 2.24) is 19.6 Å². The summed E-state index contributed by atoms with van der Waals surface area (Å²) in [6, 6.07) is 3.85. The number of aromatic nitrogens is 4. The van der Waals surface area contributed by atoms with E-state index in [0.29, 0.717) is 11.4 Å². The van der Waals surface area contributed by atoms with Crippen molar-refractivity contribution in [2.24, 2.45) is 5.92 Å². The maximum absolute atomic E-state index is 11.9. The lowest BCUT2D eigenvalue weighted by molar-refractivity contribution is -0.145. The van der Waals surface area contributed by atoms with Crippen LogP contribution >= 0.6 is 22.9 Å². The Hall–Kier alpha value is -2.71. The van der Waals surface area contributed by atoms with Crippen LogP contribution in [-0.4, -0.2) is 32.7 Å². The van der Waals surface area contributed by atoms with Crippen LogP contribution in [0.15, 0.2) is 30.9 Å². The minimum Gasteiger partial charge on any atom is -0.469 e. The van der Waals surface area contributed by atoms with Gasteiger partial charge in [-0.15, -0.1) is 11.3 Å². The molecule has 28 heavy (non-hydrogen) atoms. The summed E-state index contributed by atoms with van der Waals surface area (Å²) in [5.41, 5.74) is 2.91. The van der Waals surface area contributed by atoms with Crippen LogP contribution in [0.2, 0.25) is 5.02 Å². The Balaban J connectivity index is 1.56. The number of anilines is 2. The Morgan fingerprint density at radius 1 is 1.43 bits per heavy atom. The van der Waals surface area contributed by atoms with Crippen molar-refractivity contribution >= 4 is 56.1 Å². The summed E-state index contributed by atoms with van der Waals surface area (Å²) in [5, 5.41) is 9.13. The summed E-state index contributed by atoms with van der Waals surface area (Å²) in [7, 11) is 1.44. The number of nitrogens with zero attached hydrogens (tertiary/aromatic N) is 4. The van der Waals surface area contributed by atoms with E-state index >= 15 is 0 Å². The van der Waals surface area contributed by atoms with Crippen molar-refractivity contribution in [2.75, 3.05) is 12.4 Å². The molecule has 4 heterocycles. The summed E-state index contributed by atoms with van der Waals surface area (Å²) >= 11 is 8.05. The maximum Gasteiger partial charge on any atom is 0.309 e. The number of fused-ring (bicyclic) bond motifs is 4. The molecule has 7 nitrogen and oxygen atoms in total. The van der Waals surface area contributed by atoms with Gasteiger partial charge >= 0.3 is 5.97 Å². The summed E-state index contributed by atoms with van der Waals surface area (Å²) < 4.78 is 6.65. The second kappa shape index (κ2) is 6.72. The third-order valence-corrected chi connectivity index (χ3v) is 6.58. The molecular formula is C19H16ClN5O2S. The second-order valence-electron chi connectivity index (χ2n) is 6.73. The Bertz CT molecular complexity index is 1220. The Morgan fingerprint density at radius 3 is 3.18 bits per heavy atom. The van der Waals surface area contributed by atoms with Crippen LogP contribution in [0.3, 0.4) is 0 Å². The van der Waals surface area contributed by atoms with Crippen LogP contribution in [0.25, 0.3) is 15.7 Å². The SMILES string of the molecule is COC(=O)[C@H]1CCc2c(sc3ncnc(Nc4cc5ccnn5cc4Cl)c23)C1. The smallest absolute Gasteiger partial charge is 0.309 e. The fourth-order valence-electron chi connectivity index (χ4n) is 3.74. The molecule has 5 rings (SSSR count). The first-order valence-corrected chi connectivity index (χ1v) is 10.1. The predicted molar refractivity (Wildman–Crippen MR) is 108 cm³/mol. The number of methoxy groups -OCH3 is 1. The van der Waals surface area contributed by atoms with E-state index in [1.165, 1.54) is 17.6 Å². The maximum atomic E-state index is 11.9. The van der Waals surface area contributed by atoms with Gasteiger partial charge in [-0.3, -0.25) is 4.79 Å². The molecule has 0 aromatic carbocycles. The van der Waals surface area contributed by atoms with Crippen molar-refractivity contribution in [1.29, 1.82) is 0 Å². The van der Waals surface area contributed by atoms with Gasteiger partial charge < -0.3 is 10.1 Å². The standard InChI is InChI=1S/C19H16ClN5O2S/c1-27-19(26)10-2-3-12-15(6-10)28-18-16(12)17(21-9-22-18)24-14-7-11-4-5-23-25(11)8-13(14)20/h4-5,7-10H,2-3,6H2,1H3,(H,21,22,24)/t10-/m0/s1. The number of nitrogens with one attached hydrogen (secondary N) is 1. The summed E-state index contributed by atoms with van der Waals surface area (Å²) in [6.07, 6.45) is 7.29. The molecule has 9 heteroatoms. The highest BCUT2D eigenvalue weighted by atomic mass is 35.5. The summed E-state index contributed by atoms with van der Waals surface area (Å²) in [6.45, 7) is 0. The number of ether oxygens (including phenoxy) is 1. The zero-order valence-corrected chi connectivity index (χ0v) is 16.5. The molecule has 0 aliphatic heterocycles. The molecule has 0 fully saturated rings. The Morgan fingerprint density at radius 2 is 2.32 bits per heavy atom. The van der Waals surface area contributed by atoms with Crippen molar-refractivity contribution in [3.8, 4) is 0 Å². The lowest BCUT2D eigenvalue weighted by Crippen LogP contribution is -2.22. The summed E-state index contributed by atoms with van der Waals surface area (Å²) in [5.74, 6) is 0.492. The van der Waals surface area contributed by atoms with Gasteiger partial charge in [-0.2, -0.15) is 5.10 Å². The quantitative estimate of drug-likeness (QED) is 0.511. The molecule has 4 aromatic heterocycles. The van der Waals surface area contributed by atoms with Gasteiger partial charge in [0.05, 0.1) is 34.6 Å². The third-order valence-electron chi connectivity index (χ3n) is 5.12. The lowest BCUT2D eigenvalue weighted by Gasteiger charge is -2.20. The van der Waals surface area contributed by atoms with Gasteiger partial charge in [0.2, 0.25) is 0 Å². The second-order valence-corrected chi connectivity index (χ2v) is 8.22. The predicted octanol–water partition coefficient (Wildman–Crippen LogP) is 4.01. The third kappa shape index (κ3) is 2.80. The van der Waals surface area contributed by atoms with Gasteiger partial charge in [0.15, 0.2) is 0 Å². The number of carbonyl (C=O) groups is 1. The van der Waals surface area contributed by atoms with Crippen molar-refractivity contribution in [3.05, 3.63) is 46.3 Å². The number of rotatable bonds is 3. The molecule has 0 radical (unpaired) electrons. The Kier molecular flexibility index (Phi) is 4.17. The fourth-order valence-corrected chi connectivity index (χ4v) is 5.20. The number of halogens is 1. The summed E-state index contributed by atoms with van der Waals surface area (Å²) in [4.78, 5) is 23.0. The van der Waals surface area contributed by atoms with E-state index < -0.39 is 0 Å². The molecule has 4 aromatic rings. The topological polar surface area (TPSA) is 81.4 Å². The van der Waals surface area contributed by atoms with E-state index in [2.05, 4.69) is 20.4 Å². The minimum absolute atomic E-state index is 0.0892. The van der Waals surface area contributed by atoms with E-state index in [-0.39, 0.29) is 11.9 Å². The van der Waals surface area contributed by atoms with Gasteiger partial charge in [0, 0.05) is 17.3 Å². The molecule has 1 aliphatic carbocycles. The molecule has 1 atom stereocenters. The Labute approximate surface area is 169 Å². The molecule has 0 saturated carbocycles. The highest BCUT2D eigenvalue weighted by Crippen LogP contribution is 2.41.